The molecule has 0 saturated heterocycles. The molecular formula is C11H12N2O2S. The van der Waals surface area contributed by atoms with Gasteiger partial charge in [-0.15, -0.1) is 11.3 Å². The van der Waals surface area contributed by atoms with Crippen molar-refractivity contribution in [2.75, 3.05) is 0 Å². The van der Waals surface area contributed by atoms with E-state index < -0.39 is 11.9 Å². The molecular weight excluding hydrogens is 224 g/mol. The monoisotopic (exact) mass is 236 g/mol. The maximum Gasteiger partial charge on any atom is 0.311 e. The number of hydrogen-bond acceptors (Lipinski definition) is 3. The predicted molar refractivity (Wildman–Crippen MR) is 62.7 cm³/mol. The fraction of sp³-hybridized carbons (Fsp3) is 0.273. The number of nitrogens with zero attached hydrogens (tertiary/aromatic N) is 1. The van der Waals surface area contributed by atoms with Crippen LogP contribution >= 0.6 is 11.3 Å². The lowest BCUT2D eigenvalue weighted by atomic mass is 10.1. The van der Waals surface area contributed by atoms with Gasteiger partial charge in [-0.3, -0.25) is 4.79 Å². The van der Waals surface area contributed by atoms with E-state index >= 15 is 0 Å². The van der Waals surface area contributed by atoms with Crippen molar-refractivity contribution in [3.05, 3.63) is 28.9 Å². The number of aliphatic carboxylic acids is 1. The van der Waals surface area contributed by atoms with E-state index in [2.05, 4.69) is 9.97 Å². The molecule has 2 rings (SSSR count). The zero-order valence-electron chi connectivity index (χ0n) is 9.02. The number of aromatic amines is 1. The fourth-order valence-corrected chi connectivity index (χ4v) is 2.60. The number of aromatic nitrogens is 2. The lowest BCUT2D eigenvalue weighted by Gasteiger charge is -2.02. The standard InChI is InChI=1S/C11H12N2O2S/c1-6(11(14)15)9-7(2)13-10(16-9)8-4-3-5-12-8/h3-6,12H,1-2H3,(H,14,15). The Balaban J connectivity index is 2.40. The maximum absolute atomic E-state index is 10.9. The van der Waals surface area contributed by atoms with Gasteiger partial charge in [-0.05, 0) is 26.0 Å². The minimum Gasteiger partial charge on any atom is -0.481 e. The van der Waals surface area contributed by atoms with Crippen molar-refractivity contribution < 1.29 is 9.90 Å². The molecule has 84 valence electrons. The molecule has 5 heteroatoms. The van der Waals surface area contributed by atoms with Crippen molar-refractivity contribution in [2.45, 2.75) is 19.8 Å². The molecule has 0 aromatic carbocycles. The Bertz CT molecular complexity index is 502. The minimum absolute atomic E-state index is 0.499. The molecule has 0 aliphatic carbocycles. The van der Waals surface area contributed by atoms with Crippen molar-refractivity contribution >= 4 is 17.3 Å². The van der Waals surface area contributed by atoms with E-state index in [1.165, 1.54) is 11.3 Å². The first-order valence-corrected chi connectivity index (χ1v) is 5.75. The molecule has 0 fully saturated rings. The first-order chi connectivity index (χ1) is 7.59. The molecule has 0 aliphatic heterocycles. The summed E-state index contributed by atoms with van der Waals surface area (Å²) < 4.78 is 0. The second-order valence-corrected chi connectivity index (χ2v) is 4.64. The number of aryl methyl sites for hydroxylation is 1. The van der Waals surface area contributed by atoms with Gasteiger partial charge in [0.05, 0.1) is 17.3 Å². The van der Waals surface area contributed by atoms with Crippen molar-refractivity contribution in [2.24, 2.45) is 0 Å². The molecule has 0 bridgehead atoms. The van der Waals surface area contributed by atoms with E-state index in [9.17, 15) is 4.79 Å². The lowest BCUT2D eigenvalue weighted by Crippen LogP contribution is -2.06. The summed E-state index contributed by atoms with van der Waals surface area (Å²) in [5, 5.41) is 9.81. The van der Waals surface area contributed by atoms with Crippen LogP contribution in [0.4, 0.5) is 0 Å². The molecule has 0 aliphatic rings. The number of hydrogen-bond donors (Lipinski definition) is 2. The van der Waals surface area contributed by atoms with Crippen LogP contribution in [0.25, 0.3) is 10.7 Å². The van der Waals surface area contributed by atoms with E-state index in [-0.39, 0.29) is 0 Å². The van der Waals surface area contributed by atoms with E-state index in [4.69, 9.17) is 5.11 Å². The van der Waals surface area contributed by atoms with Crippen molar-refractivity contribution in [3.8, 4) is 10.7 Å². The third-order valence-electron chi connectivity index (χ3n) is 2.42. The quantitative estimate of drug-likeness (QED) is 0.861. The average Bonchev–Trinajstić information content (AvgIpc) is 2.84. The second kappa shape index (κ2) is 4.09. The molecule has 2 heterocycles. The third-order valence-corrected chi connectivity index (χ3v) is 3.80. The Kier molecular flexibility index (Phi) is 2.78. The number of carboxylic acid groups (broad SMARTS) is 1. The lowest BCUT2D eigenvalue weighted by molar-refractivity contribution is -0.138. The van der Waals surface area contributed by atoms with Gasteiger partial charge in [-0.1, -0.05) is 0 Å². The Morgan fingerprint density at radius 2 is 2.38 bits per heavy atom. The van der Waals surface area contributed by atoms with E-state index in [1.54, 1.807) is 6.92 Å². The maximum atomic E-state index is 10.9. The topological polar surface area (TPSA) is 66.0 Å². The zero-order chi connectivity index (χ0) is 11.7. The molecule has 1 unspecified atom stereocenters. The fourth-order valence-electron chi connectivity index (χ4n) is 1.50. The first-order valence-electron chi connectivity index (χ1n) is 4.93. The largest absolute Gasteiger partial charge is 0.481 e. The number of nitrogens with one attached hydrogen (secondary N) is 1. The zero-order valence-corrected chi connectivity index (χ0v) is 9.84. The molecule has 1 atom stereocenters. The summed E-state index contributed by atoms with van der Waals surface area (Å²) in [7, 11) is 0. The average molecular weight is 236 g/mol. The third kappa shape index (κ3) is 1.86. The van der Waals surface area contributed by atoms with Crippen LogP contribution in [0.15, 0.2) is 18.3 Å². The van der Waals surface area contributed by atoms with Gasteiger partial charge in [0.15, 0.2) is 0 Å². The van der Waals surface area contributed by atoms with Crippen LogP contribution in [-0.2, 0) is 4.79 Å². The van der Waals surface area contributed by atoms with Gasteiger partial charge < -0.3 is 10.1 Å². The SMILES string of the molecule is Cc1nc(-c2ccc[nH]2)sc1C(C)C(=O)O. The Morgan fingerprint density at radius 3 is 2.94 bits per heavy atom. The number of H-pyrrole nitrogens is 1. The molecule has 0 spiro atoms. The first kappa shape index (κ1) is 10.9. The van der Waals surface area contributed by atoms with Gasteiger partial charge in [0.1, 0.15) is 5.01 Å². The van der Waals surface area contributed by atoms with Crippen molar-refractivity contribution in [1.82, 2.24) is 9.97 Å². The smallest absolute Gasteiger partial charge is 0.311 e. The normalized spacial score (nSPS) is 12.6. The number of carbonyl (C=O) groups is 1. The van der Waals surface area contributed by atoms with Crippen LogP contribution in [0.5, 0.6) is 0 Å². The summed E-state index contributed by atoms with van der Waals surface area (Å²) in [6, 6.07) is 3.82. The highest BCUT2D eigenvalue weighted by atomic mass is 32.1. The summed E-state index contributed by atoms with van der Waals surface area (Å²) in [6.07, 6.45) is 1.83. The molecule has 0 amide bonds. The summed E-state index contributed by atoms with van der Waals surface area (Å²) in [4.78, 5) is 19.2. The highest BCUT2D eigenvalue weighted by molar-refractivity contribution is 7.15. The van der Waals surface area contributed by atoms with E-state index in [1.807, 2.05) is 25.3 Å². The Labute approximate surface area is 97.0 Å². The van der Waals surface area contributed by atoms with E-state index in [0.717, 1.165) is 21.3 Å². The highest BCUT2D eigenvalue weighted by Crippen LogP contribution is 2.31. The molecule has 16 heavy (non-hydrogen) atoms. The van der Waals surface area contributed by atoms with Gasteiger partial charge in [-0.25, -0.2) is 4.98 Å². The summed E-state index contributed by atoms with van der Waals surface area (Å²) in [5.74, 6) is -1.31. The van der Waals surface area contributed by atoms with Crippen LogP contribution in [0.1, 0.15) is 23.4 Å². The number of carboxylic acids is 1. The Morgan fingerprint density at radius 1 is 1.62 bits per heavy atom. The Hall–Kier alpha value is -1.62. The van der Waals surface area contributed by atoms with Gasteiger partial charge in [0, 0.05) is 11.1 Å². The van der Waals surface area contributed by atoms with Gasteiger partial charge in [-0.2, -0.15) is 0 Å². The molecule has 2 N–H and O–H groups in total. The van der Waals surface area contributed by atoms with Crippen LogP contribution in [0.2, 0.25) is 0 Å². The van der Waals surface area contributed by atoms with Crippen molar-refractivity contribution in [1.29, 1.82) is 0 Å². The van der Waals surface area contributed by atoms with Crippen molar-refractivity contribution in [3.63, 3.8) is 0 Å². The van der Waals surface area contributed by atoms with Gasteiger partial charge in [0.25, 0.3) is 0 Å². The second-order valence-electron chi connectivity index (χ2n) is 3.61. The van der Waals surface area contributed by atoms with Crippen LogP contribution in [0.3, 0.4) is 0 Å². The number of rotatable bonds is 3. The number of thiazole rings is 1. The minimum atomic E-state index is -0.815. The van der Waals surface area contributed by atoms with Crippen LogP contribution in [0, 0.1) is 6.92 Å². The summed E-state index contributed by atoms with van der Waals surface area (Å²) in [5.41, 5.74) is 1.72. The summed E-state index contributed by atoms with van der Waals surface area (Å²) in [6.45, 7) is 3.53. The molecule has 2 aromatic heterocycles. The highest BCUT2D eigenvalue weighted by Gasteiger charge is 2.20. The summed E-state index contributed by atoms with van der Waals surface area (Å²) >= 11 is 1.43. The van der Waals surface area contributed by atoms with Crippen LogP contribution < -0.4 is 0 Å². The van der Waals surface area contributed by atoms with Gasteiger partial charge >= 0.3 is 5.97 Å². The molecule has 0 radical (unpaired) electrons. The van der Waals surface area contributed by atoms with Crippen LogP contribution in [-0.4, -0.2) is 21.0 Å². The molecule has 2 aromatic rings. The van der Waals surface area contributed by atoms with E-state index in [0.29, 0.717) is 0 Å². The molecule has 0 saturated carbocycles. The van der Waals surface area contributed by atoms with Gasteiger partial charge in [0.2, 0.25) is 0 Å². The molecule has 4 nitrogen and oxygen atoms in total. The predicted octanol–water partition coefficient (Wildman–Crippen LogP) is 2.63.